The molecule has 2 aliphatic rings. The molecule has 1 heterocycles. The number of methoxy groups -OCH3 is 1. The van der Waals surface area contributed by atoms with E-state index >= 15 is 0 Å². The summed E-state index contributed by atoms with van der Waals surface area (Å²) >= 11 is 1.58. The summed E-state index contributed by atoms with van der Waals surface area (Å²) in [6, 6.07) is 11.2. The van der Waals surface area contributed by atoms with E-state index < -0.39 is 6.04 Å². The van der Waals surface area contributed by atoms with E-state index in [0.717, 1.165) is 54.7 Å². The maximum absolute atomic E-state index is 13.4. The number of carbonyl (C=O) groups excluding carboxylic acids is 2. The van der Waals surface area contributed by atoms with Gasteiger partial charge in [-0.15, -0.1) is 11.3 Å². The van der Waals surface area contributed by atoms with Crippen molar-refractivity contribution in [3.05, 3.63) is 52.2 Å². The highest BCUT2D eigenvalue weighted by atomic mass is 32.1. The molecule has 0 radical (unpaired) electrons. The van der Waals surface area contributed by atoms with Crippen LogP contribution in [-0.2, 0) is 16.0 Å². The molecule has 1 aromatic carbocycles. The van der Waals surface area contributed by atoms with E-state index in [0.29, 0.717) is 6.42 Å². The Morgan fingerprint density at radius 1 is 1.14 bits per heavy atom. The highest BCUT2D eigenvalue weighted by Crippen LogP contribution is 2.36. The van der Waals surface area contributed by atoms with E-state index in [9.17, 15) is 9.59 Å². The second-order valence-corrected chi connectivity index (χ2v) is 8.99. The zero-order chi connectivity index (χ0) is 20.2. The molecule has 0 unspecified atom stereocenters. The fraction of sp³-hybridized carbons (Fsp3) is 0.478. The molecule has 1 atom stereocenters. The Labute approximate surface area is 176 Å². The number of ether oxygens (including phenoxy) is 1. The molecule has 2 aliphatic carbocycles. The first-order valence-corrected chi connectivity index (χ1v) is 11.3. The third-order valence-electron chi connectivity index (χ3n) is 5.79. The van der Waals surface area contributed by atoms with E-state index in [1.54, 1.807) is 18.4 Å². The Morgan fingerprint density at radius 2 is 1.86 bits per heavy atom. The topological polar surface area (TPSA) is 58.6 Å². The lowest BCUT2D eigenvalue weighted by atomic mass is 10.0. The minimum absolute atomic E-state index is 0.0253. The lowest BCUT2D eigenvalue weighted by molar-refractivity contribution is -0.141. The average molecular weight is 413 g/mol. The highest BCUT2D eigenvalue weighted by Gasteiger charge is 2.41. The van der Waals surface area contributed by atoms with E-state index in [1.807, 2.05) is 46.7 Å². The van der Waals surface area contributed by atoms with Gasteiger partial charge >= 0.3 is 0 Å². The largest absolute Gasteiger partial charge is 0.497 e. The van der Waals surface area contributed by atoms with Gasteiger partial charge in [-0.25, -0.2) is 0 Å². The monoisotopic (exact) mass is 412 g/mol. The number of thiophene rings is 1. The maximum Gasteiger partial charge on any atom is 0.247 e. The molecule has 2 amide bonds. The average Bonchev–Trinajstić information content (AvgIpc) is 3.18. The van der Waals surface area contributed by atoms with Crippen LogP contribution in [0.25, 0.3) is 0 Å². The van der Waals surface area contributed by atoms with Gasteiger partial charge in [0.25, 0.3) is 0 Å². The first-order chi connectivity index (χ1) is 14.2. The normalized spacial score (nSPS) is 17.7. The van der Waals surface area contributed by atoms with Crippen LogP contribution in [0, 0.1) is 0 Å². The SMILES string of the molecule is COc1ccc([C@@H](C(=O)NC2CCCC2)N(C(=O)Cc2cccs2)C2CC2)cc1. The van der Waals surface area contributed by atoms with Gasteiger partial charge in [0.05, 0.1) is 13.5 Å². The van der Waals surface area contributed by atoms with Gasteiger partial charge in [-0.1, -0.05) is 31.0 Å². The number of benzene rings is 1. The molecule has 0 bridgehead atoms. The fourth-order valence-electron chi connectivity index (χ4n) is 4.14. The van der Waals surface area contributed by atoms with Gasteiger partial charge in [-0.3, -0.25) is 9.59 Å². The van der Waals surface area contributed by atoms with Crippen LogP contribution in [0.3, 0.4) is 0 Å². The predicted molar refractivity (Wildman–Crippen MR) is 114 cm³/mol. The third-order valence-corrected chi connectivity index (χ3v) is 6.67. The van der Waals surface area contributed by atoms with Crippen LogP contribution in [0.5, 0.6) is 5.75 Å². The molecule has 2 aromatic rings. The number of carbonyl (C=O) groups is 2. The molecule has 2 fully saturated rings. The van der Waals surface area contributed by atoms with Crippen molar-refractivity contribution in [1.82, 2.24) is 10.2 Å². The molecule has 1 N–H and O–H groups in total. The molecule has 0 spiro atoms. The van der Waals surface area contributed by atoms with Crippen LogP contribution in [-0.4, -0.2) is 35.9 Å². The van der Waals surface area contributed by atoms with E-state index in [4.69, 9.17) is 4.74 Å². The summed E-state index contributed by atoms with van der Waals surface area (Å²) in [5.74, 6) is 0.706. The number of rotatable bonds is 8. The van der Waals surface area contributed by atoms with Crippen LogP contribution in [0.15, 0.2) is 41.8 Å². The standard InChI is InChI=1S/C23H28N2O3S/c1-28-19-12-8-16(9-13-19)22(23(27)24-17-5-2-3-6-17)25(18-10-11-18)21(26)15-20-7-4-14-29-20/h4,7-9,12-14,17-18,22H,2-3,5-6,10-11,15H2,1H3,(H,24,27)/t22-/m0/s1. The van der Waals surface area contributed by atoms with Crippen molar-refractivity contribution in [2.45, 2.75) is 63.1 Å². The summed E-state index contributed by atoms with van der Waals surface area (Å²) in [7, 11) is 1.63. The van der Waals surface area contributed by atoms with Gasteiger partial charge in [-0.2, -0.15) is 0 Å². The fourth-order valence-corrected chi connectivity index (χ4v) is 4.84. The minimum atomic E-state index is -0.596. The van der Waals surface area contributed by atoms with Crippen molar-refractivity contribution in [3.8, 4) is 5.75 Å². The van der Waals surface area contributed by atoms with E-state index in [1.165, 1.54) is 0 Å². The van der Waals surface area contributed by atoms with Crippen molar-refractivity contribution >= 4 is 23.2 Å². The van der Waals surface area contributed by atoms with Crippen LogP contribution in [0.4, 0.5) is 0 Å². The summed E-state index contributed by atoms with van der Waals surface area (Å²) in [6.07, 6.45) is 6.61. The Hall–Kier alpha value is -2.34. The number of nitrogens with zero attached hydrogens (tertiary/aromatic N) is 1. The second kappa shape index (κ2) is 8.99. The summed E-state index contributed by atoms with van der Waals surface area (Å²) < 4.78 is 5.28. The van der Waals surface area contributed by atoms with Crippen molar-refractivity contribution < 1.29 is 14.3 Å². The molecule has 29 heavy (non-hydrogen) atoms. The Balaban J connectivity index is 1.62. The first-order valence-electron chi connectivity index (χ1n) is 10.4. The summed E-state index contributed by atoms with van der Waals surface area (Å²) in [4.78, 5) is 29.6. The predicted octanol–water partition coefficient (Wildman–Crippen LogP) is 4.09. The third kappa shape index (κ3) is 4.81. The molecule has 4 rings (SSSR count). The molecule has 5 nitrogen and oxygen atoms in total. The lowest BCUT2D eigenvalue weighted by Crippen LogP contribution is -2.47. The van der Waals surface area contributed by atoms with Crippen LogP contribution < -0.4 is 10.1 Å². The van der Waals surface area contributed by atoms with Crippen molar-refractivity contribution in [1.29, 1.82) is 0 Å². The quantitative estimate of drug-likeness (QED) is 0.710. The molecular weight excluding hydrogens is 384 g/mol. The van der Waals surface area contributed by atoms with E-state index in [2.05, 4.69) is 5.32 Å². The molecule has 0 saturated heterocycles. The van der Waals surface area contributed by atoms with Gasteiger partial charge in [0.2, 0.25) is 11.8 Å². The zero-order valence-electron chi connectivity index (χ0n) is 16.8. The van der Waals surface area contributed by atoms with Crippen molar-refractivity contribution in [2.75, 3.05) is 7.11 Å². The smallest absolute Gasteiger partial charge is 0.247 e. The number of nitrogens with one attached hydrogen (secondary N) is 1. The van der Waals surface area contributed by atoms with Crippen molar-refractivity contribution in [3.63, 3.8) is 0 Å². The molecule has 154 valence electrons. The Morgan fingerprint density at radius 3 is 2.45 bits per heavy atom. The van der Waals surface area contributed by atoms with Crippen LogP contribution in [0.1, 0.15) is 55.0 Å². The molecule has 0 aliphatic heterocycles. The van der Waals surface area contributed by atoms with Gasteiger partial charge in [0.15, 0.2) is 0 Å². The minimum Gasteiger partial charge on any atom is -0.497 e. The van der Waals surface area contributed by atoms with E-state index in [-0.39, 0.29) is 23.9 Å². The lowest BCUT2D eigenvalue weighted by Gasteiger charge is -2.32. The summed E-state index contributed by atoms with van der Waals surface area (Å²) in [5.41, 5.74) is 0.840. The first kappa shape index (κ1) is 20.0. The van der Waals surface area contributed by atoms with Gasteiger partial charge in [0, 0.05) is 17.0 Å². The molecule has 2 saturated carbocycles. The summed E-state index contributed by atoms with van der Waals surface area (Å²) in [5, 5.41) is 5.21. The maximum atomic E-state index is 13.4. The summed E-state index contributed by atoms with van der Waals surface area (Å²) in [6.45, 7) is 0. The number of amides is 2. The van der Waals surface area contributed by atoms with Crippen molar-refractivity contribution in [2.24, 2.45) is 0 Å². The Bertz CT molecular complexity index is 824. The second-order valence-electron chi connectivity index (χ2n) is 7.95. The number of hydrogen-bond donors (Lipinski definition) is 1. The Kier molecular flexibility index (Phi) is 6.19. The zero-order valence-corrected chi connectivity index (χ0v) is 17.6. The van der Waals surface area contributed by atoms with Gasteiger partial charge in [-0.05, 0) is 54.8 Å². The number of hydrogen-bond acceptors (Lipinski definition) is 4. The molecule has 1 aromatic heterocycles. The highest BCUT2D eigenvalue weighted by molar-refractivity contribution is 7.10. The molecule has 6 heteroatoms. The van der Waals surface area contributed by atoms with Gasteiger partial charge < -0.3 is 15.0 Å². The van der Waals surface area contributed by atoms with Gasteiger partial charge in [0.1, 0.15) is 11.8 Å². The van der Waals surface area contributed by atoms with Crippen LogP contribution >= 0.6 is 11.3 Å². The molecular formula is C23H28N2O3S. The van der Waals surface area contributed by atoms with Crippen LogP contribution in [0.2, 0.25) is 0 Å².